The Labute approximate surface area is 181 Å². The highest BCUT2D eigenvalue weighted by atomic mass is 16.5. The van der Waals surface area contributed by atoms with Crippen LogP contribution in [0.2, 0.25) is 0 Å². The Morgan fingerprint density at radius 1 is 0.933 bits per heavy atom. The van der Waals surface area contributed by atoms with Gasteiger partial charge in [-0.3, -0.25) is 4.90 Å². The molecule has 1 aliphatic heterocycles. The SMILES string of the molecule is C=C(C)CC1(CNCc2ccc(OC)cc2)CCN(Cc2ccc(OC)cc2)CC1. The van der Waals surface area contributed by atoms with E-state index in [1.54, 1.807) is 14.2 Å². The van der Waals surface area contributed by atoms with E-state index in [0.29, 0.717) is 5.41 Å². The summed E-state index contributed by atoms with van der Waals surface area (Å²) in [4.78, 5) is 2.57. The molecule has 1 N–H and O–H groups in total. The average Bonchev–Trinajstić information content (AvgIpc) is 2.76. The van der Waals surface area contributed by atoms with Crippen LogP contribution in [0.3, 0.4) is 0 Å². The second-order valence-corrected chi connectivity index (χ2v) is 8.71. The van der Waals surface area contributed by atoms with Gasteiger partial charge in [-0.15, -0.1) is 6.58 Å². The first kappa shape index (κ1) is 22.4. The molecule has 1 aliphatic rings. The lowest BCUT2D eigenvalue weighted by atomic mass is 9.73. The molecule has 0 aromatic heterocycles. The van der Waals surface area contributed by atoms with Crippen molar-refractivity contribution >= 4 is 0 Å². The Bertz CT molecular complexity index is 791. The lowest BCUT2D eigenvalue weighted by molar-refractivity contribution is 0.0964. The standard InChI is InChI=1S/C26H36N2O2/c1-21(2)17-26(20-27-18-22-5-9-24(29-3)10-6-22)13-15-28(16-14-26)19-23-7-11-25(30-4)12-8-23/h5-12,27H,1,13-20H2,2-4H3. The van der Waals surface area contributed by atoms with Gasteiger partial charge in [-0.25, -0.2) is 0 Å². The van der Waals surface area contributed by atoms with Crippen molar-refractivity contribution < 1.29 is 9.47 Å². The third-order valence-corrected chi connectivity index (χ3v) is 6.15. The van der Waals surface area contributed by atoms with Crippen molar-refractivity contribution in [3.63, 3.8) is 0 Å². The van der Waals surface area contributed by atoms with E-state index in [2.05, 4.69) is 48.0 Å². The van der Waals surface area contributed by atoms with Gasteiger partial charge in [0.25, 0.3) is 0 Å². The zero-order chi connectivity index (χ0) is 21.4. The minimum atomic E-state index is 0.300. The molecule has 1 saturated heterocycles. The topological polar surface area (TPSA) is 33.7 Å². The molecular weight excluding hydrogens is 372 g/mol. The molecule has 1 heterocycles. The molecule has 4 nitrogen and oxygen atoms in total. The summed E-state index contributed by atoms with van der Waals surface area (Å²) in [5.74, 6) is 1.82. The van der Waals surface area contributed by atoms with Crippen LogP contribution >= 0.6 is 0 Å². The number of nitrogens with zero attached hydrogens (tertiary/aromatic N) is 1. The molecular formula is C26H36N2O2. The van der Waals surface area contributed by atoms with Gasteiger partial charge in [0.05, 0.1) is 14.2 Å². The van der Waals surface area contributed by atoms with Gasteiger partial charge in [0.1, 0.15) is 11.5 Å². The molecule has 30 heavy (non-hydrogen) atoms. The number of hydrogen-bond donors (Lipinski definition) is 1. The van der Waals surface area contributed by atoms with Gasteiger partial charge in [-0.1, -0.05) is 29.8 Å². The van der Waals surface area contributed by atoms with Crippen LogP contribution < -0.4 is 14.8 Å². The summed E-state index contributed by atoms with van der Waals surface area (Å²) in [6.45, 7) is 11.6. The van der Waals surface area contributed by atoms with Crippen molar-refractivity contribution in [3.05, 3.63) is 71.8 Å². The number of hydrogen-bond acceptors (Lipinski definition) is 4. The van der Waals surface area contributed by atoms with Gasteiger partial charge in [0, 0.05) is 19.6 Å². The van der Waals surface area contributed by atoms with Crippen LogP contribution in [0.25, 0.3) is 0 Å². The molecule has 0 unspecified atom stereocenters. The van der Waals surface area contributed by atoms with Crippen LogP contribution in [-0.2, 0) is 13.1 Å². The van der Waals surface area contributed by atoms with Crippen LogP contribution in [0.15, 0.2) is 60.7 Å². The van der Waals surface area contributed by atoms with Crippen LogP contribution in [0, 0.1) is 5.41 Å². The maximum atomic E-state index is 5.27. The number of benzene rings is 2. The van der Waals surface area contributed by atoms with E-state index in [1.807, 2.05) is 24.3 Å². The number of methoxy groups -OCH3 is 2. The molecule has 0 radical (unpaired) electrons. The molecule has 0 aliphatic carbocycles. The summed E-state index contributed by atoms with van der Waals surface area (Å²) in [7, 11) is 3.42. The second kappa shape index (κ2) is 10.6. The van der Waals surface area contributed by atoms with Crippen molar-refractivity contribution in [1.29, 1.82) is 0 Å². The third-order valence-electron chi connectivity index (χ3n) is 6.15. The molecule has 0 atom stereocenters. The quantitative estimate of drug-likeness (QED) is 0.558. The zero-order valence-electron chi connectivity index (χ0n) is 18.7. The van der Waals surface area contributed by atoms with Crippen LogP contribution in [0.5, 0.6) is 11.5 Å². The molecule has 3 rings (SSSR count). The van der Waals surface area contributed by atoms with Crippen molar-refractivity contribution in [1.82, 2.24) is 10.2 Å². The van der Waals surface area contributed by atoms with Crippen molar-refractivity contribution in [2.24, 2.45) is 5.41 Å². The first-order valence-corrected chi connectivity index (χ1v) is 10.9. The summed E-state index contributed by atoms with van der Waals surface area (Å²) < 4.78 is 10.5. The minimum Gasteiger partial charge on any atom is -0.497 e. The molecule has 2 aromatic carbocycles. The smallest absolute Gasteiger partial charge is 0.118 e. The average molecular weight is 409 g/mol. The van der Waals surface area contributed by atoms with Crippen LogP contribution in [-0.4, -0.2) is 38.8 Å². The third kappa shape index (κ3) is 6.35. The number of allylic oxidation sites excluding steroid dienone is 1. The Morgan fingerprint density at radius 2 is 1.47 bits per heavy atom. The Morgan fingerprint density at radius 3 is 1.97 bits per heavy atom. The molecule has 1 fully saturated rings. The van der Waals surface area contributed by atoms with Crippen LogP contribution in [0.1, 0.15) is 37.3 Å². The number of nitrogens with one attached hydrogen (secondary N) is 1. The van der Waals surface area contributed by atoms with E-state index >= 15 is 0 Å². The number of likely N-dealkylation sites (tertiary alicyclic amines) is 1. The molecule has 0 spiro atoms. The predicted molar refractivity (Wildman–Crippen MR) is 124 cm³/mol. The second-order valence-electron chi connectivity index (χ2n) is 8.71. The predicted octanol–water partition coefficient (Wildman–Crippen LogP) is 5.04. The summed E-state index contributed by atoms with van der Waals surface area (Å²) in [6.07, 6.45) is 3.50. The lowest BCUT2D eigenvalue weighted by Gasteiger charge is -2.42. The van der Waals surface area contributed by atoms with Gasteiger partial charge in [-0.05, 0) is 80.1 Å². The Balaban J connectivity index is 1.52. The minimum absolute atomic E-state index is 0.300. The van der Waals surface area contributed by atoms with Crippen molar-refractivity contribution in [2.75, 3.05) is 33.9 Å². The highest BCUT2D eigenvalue weighted by Gasteiger charge is 2.34. The fraction of sp³-hybridized carbons (Fsp3) is 0.462. The molecule has 2 aromatic rings. The van der Waals surface area contributed by atoms with Gasteiger partial charge in [-0.2, -0.15) is 0 Å². The van der Waals surface area contributed by atoms with E-state index in [9.17, 15) is 0 Å². The summed E-state index contributed by atoms with van der Waals surface area (Å²) in [6, 6.07) is 16.8. The van der Waals surface area contributed by atoms with Crippen molar-refractivity contribution in [3.8, 4) is 11.5 Å². The summed E-state index contributed by atoms with van der Waals surface area (Å²) in [5, 5.41) is 3.72. The zero-order valence-corrected chi connectivity index (χ0v) is 18.7. The van der Waals surface area contributed by atoms with Gasteiger partial charge >= 0.3 is 0 Å². The van der Waals surface area contributed by atoms with Gasteiger partial charge in [0.2, 0.25) is 0 Å². The highest BCUT2D eigenvalue weighted by molar-refractivity contribution is 5.28. The first-order valence-electron chi connectivity index (χ1n) is 10.9. The number of rotatable bonds is 10. The maximum Gasteiger partial charge on any atom is 0.118 e. The fourth-order valence-electron chi connectivity index (χ4n) is 4.45. The van der Waals surface area contributed by atoms with E-state index in [4.69, 9.17) is 9.47 Å². The fourth-order valence-corrected chi connectivity index (χ4v) is 4.45. The van der Waals surface area contributed by atoms with Crippen molar-refractivity contribution in [2.45, 2.75) is 39.3 Å². The van der Waals surface area contributed by atoms with Crippen LogP contribution in [0.4, 0.5) is 0 Å². The first-order chi connectivity index (χ1) is 14.5. The number of ether oxygens (including phenoxy) is 2. The molecule has 0 bridgehead atoms. The highest BCUT2D eigenvalue weighted by Crippen LogP contribution is 2.37. The van der Waals surface area contributed by atoms with Gasteiger partial charge in [0.15, 0.2) is 0 Å². The summed E-state index contributed by atoms with van der Waals surface area (Å²) >= 11 is 0. The normalized spacial score (nSPS) is 16.2. The largest absolute Gasteiger partial charge is 0.497 e. The van der Waals surface area contributed by atoms with E-state index < -0.39 is 0 Å². The Kier molecular flexibility index (Phi) is 7.94. The molecule has 0 saturated carbocycles. The monoisotopic (exact) mass is 408 g/mol. The van der Waals surface area contributed by atoms with E-state index in [1.165, 1.54) is 29.5 Å². The Hall–Kier alpha value is -2.30. The molecule has 0 amide bonds. The van der Waals surface area contributed by atoms with Gasteiger partial charge < -0.3 is 14.8 Å². The molecule has 4 heteroatoms. The lowest BCUT2D eigenvalue weighted by Crippen LogP contribution is -2.45. The number of piperidine rings is 1. The molecule has 162 valence electrons. The maximum absolute atomic E-state index is 5.27. The van der Waals surface area contributed by atoms with E-state index in [-0.39, 0.29) is 0 Å². The summed E-state index contributed by atoms with van der Waals surface area (Å²) in [5.41, 5.74) is 4.22. The van der Waals surface area contributed by atoms with E-state index in [0.717, 1.165) is 50.6 Å².